The SMILES string of the molecule is COc1cc(NC2CC(N)C2)ccn1. The van der Waals surface area contributed by atoms with E-state index in [2.05, 4.69) is 10.3 Å². The summed E-state index contributed by atoms with van der Waals surface area (Å²) >= 11 is 0. The average molecular weight is 193 g/mol. The number of hydrogen-bond donors (Lipinski definition) is 2. The first-order valence-corrected chi connectivity index (χ1v) is 4.80. The molecule has 0 saturated heterocycles. The molecule has 76 valence electrons. The van der Waals surface area contributed by atoms with Crippen molar-refractivity contribution in [3.63, 3.8) is 0 Å². The van der Waals surface area contributed by atoms with Crippen LogP contribution in [-0.4, -0.2) is 24.2 Å². The lowest BCUT2D eigenvalue weighted by Crippen LogP contribution is -2.44. The van der Waals surface area contributed by atoms with Gasteiger partial charge in [0.15, 0.2) is 0 Å². The Hall–Kier alpha value is -1.29. The third-order valence-electron chi connectivity index (χ3n) is 2.49. The van der Waals surface area contributed by atoms with Crippen LogP contribution in [0, 0.1) is 0 Å². The third-order valence-corrected chi connectivity index (χ3v) is 2.49. The van der Waals surface area contributed by atoms with Crippen LogP contribution in [0.4, 0.5) is 5.69 Å². The molecule has 1 aromatic rings. The molecule has 2 rings (SSSR count). The molecular weight excluding hydrogens is 178 g/mol. The van der Waals surface area contributed by atoms with Crippen molar-refractivity contribution >= 4 is 5.69 Å². The summed E-state index contributed by atoms with van der Waals surface area (Å²) in [5, 5.41) is 3.38. The van der Waals surface area contributed by atoms with E-state index in [-0.39, 0.29) is 0 Å². The van der Waals surface area contributed by atoms with E-state index in [4.69, 9.17) is 10.5 Å². The molecule has 0 bridgehead atoms. The van der Waals surface area contributed by atoms with Crippen LogP contribution >= 0.6 is 0 Å². The minimum absolute atomic E-state index is 0.372. The second kappa shape index (κ2) is 3.84. The van der Waals surface area contributed by atoms with E-state index in [9.17, 15) is 0 Å². The van der Waals surface area contributed by atoms with Crippen LogP contribution < -0.4 is 15.8 Å². The van der Waals surface area contributed by atoms with E-state index in [0.29, 0.717) is 18.0 Å². The molecule has 1 fully saturated rings. The Morgan fingerprint density at radius 2 is 2.36 bits per heavy atom. The maximum atomic E-state index is 5.70. The zero-order chi connectivity index (χ0) is 9.97. The van der Waals surface area contributed by atoms with E-state index >= 15 is 0 Å². The van der Waals surface area contributed by atoms with Crippen LogP contribution in [0.2, 0.25) is 0 Å². The van der Waals surface area contributed by atoms with Crippen molar-refractivity contribution in [2.24, 2.45) is 5.73 Å². The predicted octanol–water partition coefficient (Wildman–Crippen LogP) is 0.992. The van der Waals surface area contributed by atoms with Gasteiger partial charge in [0, 0.05) is 30.0 Å². The molecule has 0 aromatic carbocycles. The number of nitrogens with two attached hydrogens (primary N) is 1. The number of rotatable bonds is 3. The first-order valence-electron chi connectivity index (χ1n) is 4.80. The lowest BCUT2D eigenvalue weighted by molar-refractivity contribution is 0.373. The molecule has 1 aliphatic carbocycles. The van der Waals surface area contributed by atoms with Crippen molar-refractivity contribution < 1.29 is 4.74 Å². The number of methoxy groups -OCH3 is 1. The van der Waals surface area contributed by atoms with E-state index in [1.165, 1.54) is 0 Å². The molecule has 4 nitrogen and oxygen atoms in total. The standard InChI is InChI=1S/C10H15N3O/c1-14-10-6-8(2-3-12-10)13-9-4-7(11)5-9/h2-3,6-7,9H,4-5,11H2,1H3,(H,12,13). The summed E-state index contributed by atoms with van der Waals surface area (Å²) in [6.07, 6.45) is 3.83. The van der Waals surface area contributed by atoms with Crippen LogP contribution in [0.15, 0.2) is 18.3 Å². The maximum Gasteiger partial charge on any atom is 0.214 e. The summed E-state index contributed by atoms with van der Waals surface area (Å²) in [4.78, 5) is 4.04. The third kappa shape index (κ3) is 1.96. The normalized spacial score (nSPS) is 25.3. The van der Waals surface area contributed by atoms with Gasteiger partial charge < -0.3 is 15.8 Å². The Balaban J connectivity index is 1.95. The Kier molecular flexibility index (Phi) is 2.54. The van der Waals surface area contributed by atoms with Crippen molar-refractivity contribution in [2.75, 3.05) is 12.4 Å². The Morgan fingerprint density at radius 1 is 1.57 bits per heavy atom. The van der Waals surface area contributed by atoms with Gasteiger partial charge in [-0.2, -0.15) is 0 Å². The molecule has 0 spiro atoms. The Labute approximate surface area is 83.5 Å². The smallest absolute Gasteiger partial charge is 0.214 e. The van der Waals surface area contributed by atoms with Crippen LogP contribution in [0.5, 0.6) is 5.88 Å². The lowest BCUT2D eigenvalue weighted by Gasteiger charge is -2.33. The highest BCUT2D eigenvalue weighted by molar-refractivity contribution is 5.46. The summed E-state index contributed by atoms with van der Waals surface area (Å²) in [5.74, 6) is 0.638. The maximum absolute atomic E-state index is 5.70. The van der Waals surface area contributed by atoms with Gasteiger partial charge in [-0.15, -0.1) is 0 Å². The largest absolute Gasteiger partial charge is 0.481 e. The molecule has 1 aromatic heterocycles. The summed E-state index contributed by atoms with van der Waals surface area (Å²) in [7, 11) is 1.62. The molecule has 1 aliphatic rings. The Morgan fingerprint density at radius 3 is 3.00 bits per heavy atom. The van der Waals surface area contributed by atoms with Crippen LogP contribution in [-0.2, 0) is 0 Å². The number of nitrogens with one attached hydrogen (secondary N) is 1. The first-order chi connectivity index (χ1) is 6.78. The molecule has 1 heterocycles. The number of aromatic nitrogens is 1. The molecule has 4 heteroatoms. The van der Waals surface area contributed by atoms with Crippen molar-refractivity contribution in [1.29, 1.82) is 0 Å². The minimum atomic E-state index is 0.372. The van der Waals surface area contributed by atoms with Gasteiger partial charge in [0.25, 0.3) is 0 Å². The highest BCUT2D eigenvalue weighted by Crippen LogP contribution is 2.23. The first kappa shape index (κ1) is 9.27. The molecule has 14 heavy (non-hydrogen) atoms. The van der Waals surface area contributed by atoms with Crippen molar-refractivity contribution in [3.05, 3.63) is 18.3 Å². The van der Waals surface area contributed by atoms with Gasteiger partial charge in [-0.05, 0) is 18.9 Å². The summed E-state index contributed by atoms with van der Waals surface area (Å²) in [6, 6.07) is 4.71. The van der Waals surface area contributed by atoms with Crippen molar-refractivity contribution in [2.45, 2.75) is 24.9 Å². The topological polar surface area (TPSA) is 60.2 Å². The quantitative estimate of drug-likeness (QED) is 0.751. The molecule has 0 radical (unpaired) electrons. The molecular formula is C10H15N3O. The number of hydrogen-bond acceptors (Lipinski definition) is 4. The van der Waals surface area contributed by atoms with E-state index in [0.717, 1.165) is 18.5 Å². The van der Waals surface area contributed by atoms with Gasteiger partial charge in [-0.25, -0.2) is 4.98 Å². The molecule has 0 atom stereocenters. The van der Waals surface area contributed by atoms with E-state index in [1.54, 1.807) is 13.3 Å². The molecule has 3 N–H and O–H groups in total. The minimum Gasteiger partial charge on any atom is -0.481 e. The Bertz CT molecular complexity index is 310. The lowest BCUT2D eigenvalue weighted by atomic mass is 9.87. The van der Waals surface area contributed by atoms with Gasteiger partial charge in [0.1, 0.15) is 0 Å². The van der Waals surface area contributed by atoms with Gasteiger partial charge >= 0.3 is 0 Å². The van der Waals surface area contributed by atoms with Gasteiger partial charge in [-0.1, -0.05) is 0 Å². The zero-order valence-electron chi connectivity index (χ0n) is 8.23. The van der Waals surface area contributed by atoms with Crippen LogP contribution in [0.1, 0.15) is 12.8 Å². The zero-order valence-corrected chi connectivity index (χ0v) is 8.23. The highest BCUT2D eigenvalue weighted by atomic mass is 16.5. The van der Waals surface area contributed by atoms with Crippen LogP contribution in [0.3, 0.4) is 0 Å². The fourth-order valence-electron chi connectivity index (χ4n) is 1.63. The second-order valence-corrected chi connectivity index (χ2v) is 3.66. The average Bonchev–Trinajstić information content (AvgIpc) is 2.16. The monoisotopic (exact) mass is 193 g/mol. The fraction of sp³-hybridized carbons (Fsp3) is 0.500. The van der Waals surface area contributed by atoms with Crippen molar-refractivity contribution in [3.8, 4) is 5.88 Å². The van der Waals surface area contributed by atoms with Gasteiger partial charge in [0.05, 0.1) is 7.11 Å². The number of ether oxygens (including phenoxy) is 1. The summed E-state index contributed by atoms with van der Waals surface area (Å²) < 4.78 is 5.03. The summed E-state index contributed by atoms with van der Waals surface area (Å²) in [6.45, 7) is 0. The summed E-state index contributed by atoms with van der Waals surface area (Å²) in [5.41, 5.74) is 6.75. The molecule has 0 amide bonds. The van der Waals surface area contributed by atoms with Gasteiger partial charge in [-0.3, -0.25) is 0 Å². The van der Waals surface area contributed by atoms with Gasteiger partial charge in [0.2, 0.25) is 5.88 Å². The predicted molar refractivity (Wildman–Crippen MR) is 55.4 cm³/mol. The van der Waals surface area contributed by atoms with Crippen molar-refractivity contribution in [1.82, 2.24) is 4.98 Å². The van der Waals surface area contributed by atoms with Crippen LogP contribution in [0.25, 0.3) is 0 Å². The molecule has 1 saturated carbocycles. The van der Waals surface area contributed by atoms with E-state index < -0.39 is 0 Å². The molecule has 0 unspecified atom stereocenters. The highest BCUT2D eigenvalue weighted by Gasteiger charge is 2.25. The number of anilines is 1. The van der Waals surface area contributed by atoms with E-state index in [1.807, 2.05) is 12.1 Å². The number of nitrogens with zero attached hydrogens (tertiary/aromatic N) is 1. The second-order valence-electron chi connectivity index (χ2n) is 3.66. The fourth-order valence-corrected chi connectivity index (χ4v) is 1.63. The number of pyridine rings is 1. The molecule has 0 aliphatic heterocycles.